The second kappa shape index (κ2) is 7.72. The van der Waals surface area contributed by atoms with Gasteiger partial charge in [0, 0.05) is 10.6 Å². The van der Waals surface area contributed by atoms with Crippen LogP contribution in [0.25, 0.3) is 5.69 Å². The fourth-order valence-corrected chi connectivity index (χ4v) is 2.69. The molecule has 1 unspecified atom stereocenters. The van der Waals surface area contributed by atoms with Gasteiger partial charge in [-0.1, -0.05) is 41.4 Å². The van der Waals surface area contributed by atoms with Gasteiger partial charge in [0.15, 0.2) is 11.6 Å². The summed E-state index contributed by atoms with van der Waals surface area (Å²) in [5.74, 6) is -0.896. The topological polar surface area (TPSA) is 69.0 Å². The van der Waals surface area contributed by atoms with Gasteiger partial charge >= 0.3 is 6.09 Å². The lowest BCUT2D eigenvalue weighted by Gasteiger charge is -2.16. The lowest BCUT2D eigenvalue weighted by atomic mass is 10.1. The number of anilines is 1. The zero-order valence-corrected chi connectivity index (χ0v) is 15.0. The predicted octanol–water partition coefficient (Wildman–Crippen LogP) is 5.02. The molecule has 2 aromatic heterocycles. The highest BCUT2D eigenvalue weighted by molar-refractivity contribution is 6.31. The molecule has 0 bridgehead atoms. The summed E-state index contributed by atoms with van der Waals surface area (Å²) in [6, 6.07) is 10.1. The number of ether oxygens (including phenoxy) is 1. The summed E-state index contributed by atoms with van der Waals surface area (Å²) < 4.78 is 20.5. The molecule has 0 aliphatic carbocycles. The molecule has 0 fully saturated rings. The molecule has 0 saturated heterocycles. The van der Waals surface area contributed by atoms with Crippen LogP contribution in [0.15, 0.2) is 48.8 Å². The van der Waals surface area contributed by atoms with Crippen molar-refractivity contribution in [2.75, 3.05) is 5.32 Å². The average molecular weight is 395 g/mol. The fraction of sp³-hybridized carbons (Fsp3) is 0.118. The van der Waals surface area contributed by atoms with E-state index in [2.05, 4.69) is 15.4 Å². The molecule has 1 aromatic carbocycles. The van der Waals surface area contributed by atoms with Gasteiger partial charge in [0.1, 0.15) is 11.3 Å². The van der Waals surface area contributed by atoms with Crippen molar-refractivity contribution in [2.24, 2.45) is 0 Å². The van der Waals surface area contributed by atoms with Gasteiger partial charge in [-0.15, -0.1) is 0 Å². The van der Waals surface area contributed by atoms with E-state index in [1.54, 1.807) is 37.3 Å². The summed E-state index contributed by atoms with van der Waals surface area (Å²) in [7, 11) is 0. The van der Waals surface area contributed by atoms with Crippen molar-refractivity contribution in [1.29, 1.82) is 0 Å². The molecular weight excluding hydrogens is 382 g/mol. The van der Waals surface area contributed by atoms with Crippen LogP contribution in [-0.2, 0) is 4.74 Å². The molecule has 0 radical (unpaired) electrons. The maximum atomic E-state index is 14.0. The highest BCUT2D eigenvalue weighted by Crippen LogP contribution is 2.26. The average Bonchev–Trinajstić information content (AvgIpc) is 2.96. The van der Waals surface area contributed by atoms with Crippen LogP contribution in [0.1, 0.15) is 18.6 Å². The molecule has 3 rings (SSSR count). The summed E-state index contributed by atoms with van der Waals surface area (Å²) in [5.41, 5.74) is 1.06. The number of carbonyl (C=O) groups excluding carboxylic acids is 1. The monoisotopic (exact) mass is 394 g/mol. The molecule has 1 atom stereocenters. The smallest absolute Gasteiger partial charge is 0.413 e. The van der Waals surface area contributed by atoms with Gasteiger partial charge in [0.2, 0.25) is 0 Å². The first-order valence-corrected chi connectivity index (χ1v) is 8.29. The van der Waals surface area contributed by atoms with E-state index in [9.17, 15) is 9.18 Å². The first-order chi connectivity index (χ1) is 12.5. The van der Waals surface area contributed by atoms with E-state index >= 15 is 0 Å². The normalized spacial score (nSPS) is 11.8. The van der Waals surface area contributed by atoms with Crippen LogP contribution in [-0.4, -0.2) is 20.9 Å². The van der Waals surface area contributed by atoms with Gasteiger partial charge in [-0.3, -0.25) is 5.32 Å². The van der Waals surface area contributed by atoms with Gasteiger partial charge in [0.05, 0.1) is 18.1 Å². The van der Waals surface area contributed by atoms with Crippen LogP contribution in [0, 0.1) is 5.82 Å². The quantitative estimate of drug-likeness (QED) is 0.630. The Hall–Kier alpha value is -2.64. The Morgan fingerprint density at radius 1 is 1.23 bits per heavy atom. The molecule has 1 amide bonds. The number of amides is 1. The zero-order valence-electron chi connectivity index (χ0n) is 13.5. The van der Waals surface area contributed by atoms with Gasteiger partial charge in [-0.05, 0) is 25.1 Å². The molecule has 0 spiro atoms. The molecule has 1 N–H and O–H groups in total. The lowest BCUT2D eigenvalue weighted by Crippen LogP contribution is -2.19. The number of rotatable bonds is 4. The van der Waals surface area contributed by atoms with Crippen LogP contribution < -0.4 is 5.32 Å². The van der Waals surface area contributed by atoms with E-state index in [-0.39, 0.29) is 11.0 Å². The third-order valence-electron chi connectivity index (χ3n) is 3.53. The van der Waals surface area contributed by atoms with Crippen molar-refractivity contribution >= 4 is 35.1 Å². The third kappa shape index (κ3) is 3.95. The van der Waals surface area contributed by atoms with Gasteiger partial charge in [-0.25, -0.2) is 18.9 Å². The van der Waals surface area contributed by atoms with Crippen LogP contribution in [0.5, 0.6) is 0 Å². The molecule has 26 heavy (non-hydrogen) atoms. The minimum absolute atomic E-state index is 0.175. The minimum Gasteiger partial charge on any atom is -0.441 e. The lowest BCUT2D eigenvalue weighted by molar-refractivity contribution is 0.121. The summed E-state index contributed by atoms with van der Waals surface area (Å²) in [5, 5.41) is 6.99. The SMILES string of the molecule is CC(OC(=O)Nc1c(F)cnn1-c1ccc(Cl)nc1)c1ccccc1Cl. The van der Waals surface area contributed by atoms with E-state index in [0.717, 1.165) is 6.20 Å². The van der Waals surface area contributed by atoms with E-state index in [1.807, 2.05) is 0 Å². The number of hydrogen-bond acceptors (Lipinski definition) is 4. The summed E-state index contributed by atoms with van der Waals surface area (Å²) in [6.45, 7) is 1.66. The van der Waals surface area contributed by atoms with E-state index in [1.165, 1.54) is 16.9 Å². The highest BCUT2D eigenvalue weighted by atomic mass is 35.5. The number of aromatic nitrogens is 3. The summed E-state index contributed by atoms with van der Waals surface area (Å²) in [6.07, 6.45) is 0.902. The molecule has 3 aromatic rings. The molecule has 0 saturated carbocycles. The number of nitrogens with zero attached hydrogens (tertiary/aromatic N) is 3. The number of nitrogens with one attached hydrogen (secondary N) is 1. The first-order valence-electron chi connectivity index (χ1n) is 7.53. The molecular formula is C17H13Cl2FN4O2. The van der Waals surface area contributed by atoms with E-state index in [4.69, 9.17) is 27.9 Å². The first kappa shape index (κ1) is 18.2. The number of pyridine rings is 1. The Bertz CT molecular complexity index is 931. The highest BCUT2D eigenvalue weighted by Gasteiger charge is 2.19. The number of halogens is 3. The number of benzene rings is 1. The standard InChI is InChI=1S/C17H13Cl2FN4O2/c1-10(12-4-2-3-5-13(12)18)26-17(25)23-16-14(20)9-22-24(16)11-6-7-15(19)21-8-11/h2-10H,1H3,(H,23,25). The largest absolute Gasteiger partial charge is 0.441 e. The Kier molecular flexibility index (Phi) is 5.39. The Balaban J connectivity index is 1.77. The van der Waals surface area contributed by atoms with Crippen LogP contribution in [0.3, 0.4) is 0 Å². The number of carbonyl (C=O) groups is 1. The van der Waals surface area contributed by atoms with Crippen molar-refractivity contribution in [1.82, 2.24) is 14.8 Å². The third-order valence-corrected chi connectivity index (χ3v) is 4.10. The van der Waals surface area contributed by atoms with Gasteiger partial charge < -0.3 is 4.74 Å². The second-order valence-electron chi connectivity index (χ2n) is 5.29. The van der Waals surface area contributed by atoms with Crippen molar-refractivity contribution in [3.8, 4) is 5.69 Å². The van der Waals surface area contributed by atoms with Crippen molar-refractivity contribution in [3.63, 3.8) is 0 Å². The maximum Gasteiger partial charge on any atom is 0.413 e. The van der Waals surface area contributed by atoms with Crippen LogP contribution in [0.2, 0.25) is 10.2 Å². The second-order valence-corrected chi connectivity index (χ2v) is 6.08. The van der Waals surface area contributed by atoms with Crippen molar-refractivity contribution < 1.29 is 13.9 Å². The molecule has 2 heterocycles. The van der Waals surface area contributed by atoms with E-state index in [0.29, 0.717) is 16.3 Å². The van der Waals surface area contributed by atoms with Crippen LogP contribution >= 0.6 is 23.2 Å². The number of hydrogen-bond donors (Lipinski definition) is 1. The molecule has 6 nitrogen and oxygen atoms in total. The molecule has 0 aliphatic heterocycles. The molecule has 9 heteroatoms. The summed E-state index contributed by atoms with van der Waals surface area (Å²) in [4.78, 5) is 16.1. The van der Waals surface area contributed by atoms with Gasteiger partial charge in [-0.2, -0.15) is 5.10 Å². The van der Waals surface area contributed by atoms with Crippen molar-refractivity contribution in [3.05, 3.63) is 70.3 Å². The fourth-order valence-electron chi connectivity index (χ4n) is 2.29. The van der Waals surface area contributed by atoms with E-state index < -0.39 is 18.0 Å². The Morgan fingerprint density at radius 2 is 2.00 bits per heavy atom. The van der Waals surface area contributed by atoms with Crippen LogP contribution in [0.4, 0.5) is 15.0 Å². The predicted molar refractivity (Wildman–Crippen MR) is 96.3 cm³/mol. The summed E-state index contributed by atoms with van der Waals surface area (Å²) >= 11 is 11.8. The Morgan fingerprint density at radius 3 is 2.69 bits per heavy atom. The Labute approximate surface area is 158 Å². The zero-order chi connectivity index (χ0) is 18.7. The molecule has 134 valence electrons. The van der Waals surface area contributed by atoms with Gasteiger partial charge in [0.25, 0.3) is 0 Å². The maximum absolute atomic E-state index is 14.0. The van der Waals surface area contributed by atoms with Crippen molar-refractivity contribution in [2.45, 2.75) is 13.0 Å². The minimum atomic E-state index is -0.847. The molecule has 0 aliphatic rings.